The summed E-state index contributed by atoms with van der Waals surface area (Å²) >= 11 is 3.02. The Balaban J connectivity index is 2.35. The van der Waals surface area contributed by atoms with E-state index in [1.165, 1.54) is 12.3 Å². The zero-order valence-electron chi connectivity index (χ0n) is 7.68. The third kappa shape index (κ3) is 2.67. The number of aromatic nitrogens is 1. The summed E-state index contributed by atoms with van der Waals surface area (Å²) in [5.74, 6) is 0.435. The van der Waals surface area contributed by atoms with E-state index in [0.717, 1.165) is 12.8 Å². The van der Waals surface area contributed by atoms with Gasteiger partial charge in [-0.2, -0.15) is 0 Å². The summed E-state index contributed by atoms with van der Waals surface area (Å²) in [7, 11) is -3.76. The maximum Gasteiger partial charge on any atom is 0.240 e. The van der Waals surface area contributed by atoms with E-state index < -0.39 is 10.0 Å². The SMILES string of the molecule is NS(=O)(=O)c1cc(OC2CC2)cnc1Br. The van der Waals surface area contributed by atoms with Crippen molar-refractivity contribution in [3.8, 4) is 5.75 Å². The van der Waals surface area contributed by atoms with Crippen molar-refractivity contribution in [1.29, 1.82) is 0 Å². The predicted octanol–water partition coefficient (Wildman–Crippen LogP) is 1.03. The van der Waals surface area contributed by atoms with E-state index in [4.69, 9.17) is 9.88 Å². The Hall–Kier alpha value is -0.660. The van der Waals surface area contributed by atoms with Gasteiger partial charge in [0.25, 0.3) is 0 Å². The molecule has 0 radical (unpaired) electrons. The highest BCUT2D eigenvalue weighted by atomic mass is 79.9. The topological polar surface area (TPSA) is 82.3 Å². The van der Waals surface area contributed by atoms with Crippen LogP contribution in [-0.4, -0.2) is 19.5 Å². The van der Waals surface area contributed by atoms with Crippen molar-refractivity contribution in [1.82, 2.24) is 4.98 Å². The number of pyridine rings is 1. The fraction of sp³-hybridized carbons (Fsp3) is 0.375. The maximum absolute atomic E-state index is 11.2. The Morgan fingerprint density at radius 3 is 2.73 bits per heavy atom. The summed E-state index contributed by atoms with van der Waals surface area (Å²) < 4.78 is 27.9. The van der Waals surface area contributed by atoms with Crippen LogP contribution in [0.25, 0.3) is 0 Å². The molecule has 0 aliphatic heterocycles. The van der Waals surface area contributed by atoms with Gasteiger partial charge in [0, 0.05) is 6.07 Å². The molecular weight excluding hydrogens is 284 g/mol. The Bertz CT molecular complexity index is 485. The monoisotopic (exact) mass is 292 g/mol. The summed E-state index contributed by atoms with van der Waals surface area (Å²) in [6.07, 6.45) is 3.67. The molecule has 2 rings (SSSR count). The second-order valence-electron chi connectivity index (χ2n) is 3.32. The summed E-state index contributed by atoms with van der Waals surface area (Å²) in [5, 5.41) is 5.02. The molecule has 0 spiro atoms. The Labute approximate surface area is 95.8 Å². The van der Waals surface area contributed by atoms with Crippen LogP contribution in [0, 0.1) is 0 Å². The van der Waals surface area contributed by atoms with Gasteiger partial charge in [0.1, 0.15) is 15.2 Å². The fourth-order valence-corrected chi connectivity index (χ4v) is 2.51. The lowest BCUT2D eigenvalue weighted by Crippen LogP contribution is -2.13. The molecule has 0 aromatic carbocycles. The molecule has 1 fully saturated rings. The van der Waals surface area contributed by atoms with Crippen LogP contribution in [0.2, 0.25) is 0 Å². The first kappa shape index (κ1) is 10.8. The minimum Gasteiger partial charge on any atom is -0.489 e. The zero-order chi connectivity index (χ0) is 11.1. The summed E-state index contributed by atoms with van der Waals surface area (Å²) in [4.78, 5) is 3.80. The average Bonchev–Trinajstić information content (AvgIpc) is 2.90. The lowest BCUT2D eigenvalue weighted by molar-refractivity contribution is 0.301. The van der Waals surface area contributed by atoms with Crippen LogP contribution in [0.15, 0.2) is 21.8 Å². The lowest BCUT2D eigenvalue weighted by Gasteiger charge is -2.06. The van der Waals surface area contributed by atoms with E-state index in [1.54, 1.807) is 0 Å². The molecule has 0 bridgehead atoms. The van der Waals surface area contributed by atoms with Crippen LogP contribution >= 0.6 is 15.9 Å². The van der Waals surface area contributed by atoms with E-state index in [9.17, 15) is 8.42 Å². The highest BCUT2D eigenvalue weighted by Gasteiger charge is 2.24. The Kier molecular flexibility index (Phi) is 2.70. The summed E-state index contributed by atoms with van der Waals surface area (Å²) in [5.41, 5.74) is 0. The van der Waals surface area contributed by atoms with Gasteiger partial charge in [-0.25, -0.2) is 18.5 Å². The quantitative estimate of drug-likeness (QED) is 0.844. The second-order valence-corrected chi connectivity index (χ2v) is 5.60. The van der Waals surface area contributed by atoms with Gasteiger partial charge in [0.05, 0.1) is 12.3 Å². The number of ether oxygens (including phenoxy) is 1. The highest BCUT2D eigenvalue weighted by molar-refractivity contribution is 9.10. The average molecular weight is 293 g/mol. The largest absolute Gasteiger partial charge is 0.489 e. The first-order valence-corrected chi connectivity index (χ1v) is 6.66. The van der Waals surface area contributed by atoms with Crippen LogP contribution in [-0.2, 0) is 10.0 Å². The molecule has 1 saturated carbocycles. The molecule has 7 heteroatoms. The minimum absolute atomic E-state index is 0.0550. The lowest BCUT2D eigenvalue weighted by atomic mass is 10.4. The van der Waals surface area contributed by atoms with E-state index >= 15 is 0 Å². The fourth-order valence-electron chi connectivity index (χ4n) is 1.05. The van der Waals surface area contributed by atoms with Gasteiger partial charge >= 0.3 is 0 Å². The first-order chi connectivity index (χ1) is 6.97. The van der Waals surface area contributed by atoms with Crippen molar-refractivity contribution in [3.05, 3.63) is 16.9 Å². The van der Waals surface area contributed by atoms with E-state index in [2.05, 4.69) is 20.9 Å². The van der Waals surface area contributed by atoms with Crippen molar-refractivity contribution < 1.29 is 13.2 Å². The molecule has 1 aromatic rings. The molecule has 1 heterocycles. The molecule has 1 aliphatic carbocycles. The number of hydrogen-bond acceptors (Lipinski definition) is 4. The number of sulfonamides is 1. The summed E-state index contributed by atoms with van der Waals surface area (Å²) in [6.45, 7) is 0. The molecule has 0 saturated heterocycles. The zero-order valence-corrected chi connectivity index (χ0v) is 10.1. The molecule has 5 nitrogen and oxygen atoms in total. The molecule has 82 valence electrons. The number of primary sulfonamides is 1. The molecular formula is C8H9BrN2O3S. The van der Waals surface area contributed by atoms with Crippen molar-refractivity contribution in [2.45, 2.75) is 23.8 Å². The number of nitrogens with two attached hydrogens (primary N) is 1. The normalized spacial score (nSPS) is 16.4. The summed E-state index contributed by atoms with van der Waals surface area (Å²) in [6, 6.07) is 1.38. The predicted molar refractivity (Wildman–Crippen MR) is 57.0 cm³/mol. The van der Waals surface area contributed by atoms with E-state index in [-0.39, 0.29) is 15.6 Å². The van der Waals surface area contributed by atoms with Crippen molar-refractivity contribution >= 4 is 26.0 Å². The van der Waals surface area contributed by atoms with E-state index in [1.807, 2.05) is 0 Å². The van der Waals surface area contributed by atoms with Crippen LogP contribution < -0.4 is 9.88 Å². The number of hydrogen-bond donors (Lipinski definition) is 1. The van der Waals surface area contributed by atoms with Gasteiger partial charge in [0.15, 0.2) is 0 Å². The van der Waals surface area contributed by atoms with Crippen molar-refractivity contribution in [2.75, 3.05) is 0 Å². The van der Waals surface area contributed by atoms with Crippen molar-refractivity contribution in [3.63, 3.8) is 0 Å². The molecule has 1 aromatic heterocycles. The molecule has 0 unspecified atom stereocenters. The molecule has 0 amide bonds. The Morgan fingerprint density at radius 1 is 1.53 bits per heavy atom. The van der Waals surface area contributed by atoms with E-state index in [0.29, 0.717) is 5.75 Å². The third-order valence-corrected chi connectivity index (χ3v) is 3.73. The van der Waals surface area contributed by atoms with Gasteiger partial charge in [-0.15, -0.1) is 0 Å². The molecule has 0 atom stereocenters. The van der Waals surface area contributed by atoms with Crippen LogP contribution in [0.3, 0.4) is 0 Å². The third-order valence-electron chi connectivity index (χ3n) is 1.92. The van der Waals surface area contributed by atoms with Gasteiger partial charge in [-0.05, 0) is 28.8 Å². The molecule has 15 heavy (non-hydrogen) atoms. The van der Waals surface area contributed by atoms with Gasteiger partial charge < -0.3 is 4.74 Å². The van der Waals surface area contributed by atoms with Gasteiger partial charge in [-0.3, -0.25) is 0 Å². The van der Waals surface area contributed by atoms with Gasteiger partial charge in [0.2, 0.25) is 10.0 Å². The van der Waals surface area contributed by atoms with Crippen molar-refractivity contribution in [2.24, 2.45) is 5.14 Å². The highest BCUT2D eigenvalue weighted by Crippen LogP contribution is 2.29. The van der Waals surface area contributed by atoms with Crippen LogP contribution in [0.4, 0.5) is 0 Å². The molecule has 1 aliphatic rings. The first-order valence-electron chi connectivity index (χ1n) is 4.32. The van der Waals surface area contributed by atoms with Gasteiger partial charge in [-0.1, -0.05) is 0 Å². The smallest absolute Gasteiger partial charge is 0.240 e. The van der Waals surface area contributed by atoms with Crippen LogP contribution in [0.5, 0.6) is 5.75 Å². The maximum atomic E-state index is 11.2. The molecule has 2 N–H and O–H groups in total. The minimum atomic E-state index is -3.76. The van der Waals surface area contributed by atoms with Crippen LogP contribution in [0.1, 0.15) is 12.8 Å². The standard InChI is InChI=1S/C8H9BrN2O3S/c9-8-7(15(10,12)13)3-6(4-11-8)14-5-1-2-5/h3-5H,1-2H2,(H2,10,12,13). The number of nitrogens with zero attached hydrogens (tertiary/aromatic N) is 1. The number of halogens is 1. The Morgan fingerprint density at radius 2 is 2.20 bits per heavy atom. The second kappa shape index (κ2) is 3.73. The number of rotatable bonds is 3.